The number of nitrogens with one attached hydrogen (secondary N) is 1. The maximum absolute atomic E-state index is 12.1. The Hall–Kier alpha value is -2.02. The molecule has 6 nitrogen and oxygen atoms in total. The summed E-state index contributed by atoms with van der Waals surface area (Å²) in [7, 11) is -1.37. The topological polar surface area (TPSA) is 79.6 Å². The zero-order chi connectivity index (χ0) is 15.7. The van der Waals surface area contributed by atoms with Gasteiger partial charge in [0.05, 0.1) is 18.1 Å². The molecule has 2 aromatic rings. The number of para-hydroxylation sites is 1. The van der Waals surface area contributed by atoms with Crippen LogP contribution in [0.5, 0.6) is 0 Å². The smallest absolute Gasteiger partial charge is 0.317 e. The highest BCUT2D eigenvalue weighted by atomic mass is 32.2. The van der Waals surface area contributed by atoms with Gasteiger partial charge in [-0.3, -0.25) is 0 Å². The van der Waals surface area contributed by atoms with E-state index in [4.69, 9.17) is 4.42 Å². The molecule has 0 radical (unpaired) electrons. The molecule has 1 aromatic carbocycles. The number of urea groups is 1. The van der Waals surface area contributed by atoms with E-state index in [-0.39, 0.29) is 30.1 Å². The summed E-state index contributed by atoms with van der Waals surface area (Å²) in [4.78, 5) is 13.6. The fraction of sp³-hybridized carbons (Fsp3) is 0.400. The van der Waals surface area contributed by atoms with Gasteiger partial charge >= 0.3 is 6.03 Å². The van der Waals surface area contributed by atoms with Crippen LogP contribution < -0.4 is 5.32 Å². The van der Waals surface area contributed by atoms with Crippen molar-refractivity contribution in [1.82, 2.24) is 10.2 Å². The van der Waals surface area contributed by atoms with Gasteiger partial charge in [-0.2, -0.15) is 0 Å². The van der Waals surface area contributed by atoms with Crippen molar-refractivity contribution in [2.45, 2.75) is 19.0 Å². The van der Waals surface area contributed by atoms with Crippen molar-refractivity contribution in [2.75, 3.05) is 18.6 Å². The molecule has 1 atom stereocenters. The zero-order valence-corrected chi connectivity index (χ0v) is 13.1. The van der Waals surface area contributed by atoms with E-state index in [1.807, 2.05) is 30.3 Å². The molecule has 1 fully saturated rings. The highest BCUT2D eigenvalue weighted by Crippen LogP contribution is 2.19. The Bertz CT molecular complexity index is 764. The van der Waals surface area contributed by atoms with Crippen molar-refractivity contribution in [3.05, 3.63) is 36.1 Å². The summed E-state index contributed by atoms with van der Waals surface area (Å²) in [6.45, 7) is 0.275. The van der Waals surface area contributed by atoms with Gasteiger partial charge in [-0.1, -0.05) is 18.2 Å². The Labute approximate surface area is 129 Å². The second-order valence-corrected chi connectivity index (χ2v) is 7.81. The van der Waals surface area contributed by atoms with E-state index in [9.17, 15) is 13.2 Å². The average molecular weight is 322 g/mol. The third kappa shape index (κ3) is 3.09. The molecule has 118 valence electrons. The molecule has 3 rings (SSSR count). The van der Waals surface area contributed by atoms with Crippen LogP contribution in [0.2, 0.25) is 0 Å². The number of furan rings is 1. The van der Waals surface area contributed by atoms with Gasteiger partial charge in [-0.05, 0) is 18.6 Å². The van der Waals surface area contributed by atoms with Gasteiger partial charge in [0.2, 0.25) is 0 Å². The lowest BCUT2D eigenvalue weighted by atomic mass is 10.2. The molecule has 1 saturated heterocycles. The second kappa shape index (κ2) is 5.64. The summed E-state index contributed by atoms with van der Waals surface area (Å²) < 4.78 is 28.6. The van der Waals surface area contributed by atoms with Gasteiger partial charge in [-0.15, -0.1) is 0 Å². The predicted molar refractivity (Wildman–Crippen MR) is 83.3 cm³/mol. The first-order chi connectivity index (χ1) is 10.4. The molecule has 1 aliphatic rings. The normalized spacial score (nSPS) is 20.1. The summed E-state index contributed by atoms with van der Waals surface area (Å²) in [6, 6.07) is 8.98. The van der Waals surface area contributed by atoms with Crippen molar-refractivity contribution in [3.8, 4) is 0 Å². The molecule has 7 heteroatoms. The number of carbonyl (C=O) groups excluding carboxylic acids is 1. The molecule has 0 spiro atoms. The molecule has 1 N–H and O–H groups in total. The molecule has 1 unspecified atom stereocenters. The van der Waals surface area contributed by atoms with Gasteiger partial charge < -0.3 is 14.6 Å². The van der Waals surface area contributed by atoms with E-state index in [1.165, 1.54) is 4.90 Å². The number of nitrogens with zero attached hydrogens (tertiary/aromatic N) is 1. The third-order valence-electron chi connectivity index (χ3n) is 3.97. The summed E-state index contributed by atoms with van der Waals surface area (Å²) in [5, 5.41) is 3.75. The number of hydrogen-bond donors (Lipinski definition) is 1. The Morgan fingerprint density at radius 2 is 2.18 bits per heavy atom. The molecule has 0 saturated carbocycles. The standard InChI is InChI=1S/C15H18N2O4S/c1-17(12-6-7-22(19,20)10-12)15(18)16-9-13-8-11-4-2-3-5-14(11)21-13/h2-5,8,12H,6-7,9-10H2,1H3,(H,16,18). The van der Waals surface area contributed by atoms with Crippen molar-refractivity contribution in [3.63, 3.8) is 0 Å². The maximum Gasteiger partial charge on any atom is 0.317 e. The molecule has 1 aliphatic heterocycles. The first-order valence-corrected chi connectivity index (χ1v) is 8.95. The van der Waals surface area contributed by atoms with Crippen LogP contribution in [0.15, 0.2) is 34.7 Å². The van der Waals surface area contributed by atoms with Crippen LogP contribution in [0.3, 0.4) is 0 Å². The number of fused-ring (bicyclic) bond motifs is 1. The number of hydrogen-bond acceptors (Lipinski definition) is 4. The number of amides is 2. The van der Waals surface area contributed by atoms with Crippen molar-refractivity contribution in [1.29, 1.82) is 0 Å². The number of benzene rings is 1. The first-order valence-electron chi connectivity index (χ1n) is 7.13. The first kappa shape index (κ1) is 14.9. The maximum atomic E-state index is 12.1. The lowest BCUT2D eigenvalue weighted by Gasteiger charge is -2.23. The lowest BCUT2D eigenvalue weighted by molar-refractivity contribution is 0.194. The SMILES string of the molecule is CN(C(=O)NCc1cc2ccccc2o1)C1CCS(=O)(=O)C1. The van der Waals surface area contributed by atoms with E-state index in [2.05, 4.69) is 5.32 Å². The molecule has 22 heavy (non-hydrogen) atoms. The molecule has 2 heterocycles. The number of carbonyl (C=O) groups is 1. The molecule has 0 aliphatic carbocycles. The third-order valence-corrected chi connectivity index (χ3v) is 5.72. The minimum absolute atomic E-state index is 0.0432. The van der Waals surface area contributed by atoms with Crippen LogP contribution in [0.4, 0.5) is 4.79 Å². The molecule has 0 bridgehead atoms. The van der Waals surface area contributed by atoms with Crippen LogP contribution in [-0.4, -0.2) is 43.9 Å². The summed E-state index contributed by atoms with van der Waals surface area (Å²) >= 11 is 0. The van der Waals surface area contributed by atoms with Gasteiger partial charge in [0, 0.05) is 18.5 Å². The average Bonchev–Trinajstić information content (AvgIpc) is 3.06. The molecular formula is C15H18N2O4S. The minimum atomic E-state index is -3.00. The van der Waals surface area contributed by atoms with E-state index < -0.39 is 9.84 Å². The Morgan fingerprint density at radius 3 is 2.86 bits per heavy atom. The van der Waals surface area contributed by atoms with E-state index >= 15 is 0 Å². The van der Waals surface area contributed by atoms with E-state index in [1.54, 1.807) is 7.05 Å². The lowest BCUT2D eigenvalue weighted by Crippen LogP contribution is -2.43. The van der Waals surface area contributed by atoms with Crippen LogP contribution in [0.25, 0.3) is 11.0 Å². The van der Waals surface area contributed by atoms with Crippen molar-refractivity contribution >= 4 is 26.8 Å². The Morgan fingerprint density at radius 1 is 1.41 bits per heavy atom. The van der Waals surface area contributed by atoms with E-state index in [0.717, 1.165) is 11.0 Å². The monoisotopic (exact) mass is 322 g/mol. The fourth-order valence-electron chi connectivity index (χ4n) is 2.66. The Kier molecular flexibility index (Phi) is 3.82. The van der Waals surface area contributed by atoms with Crippen LogP contribution in [-0.2, 0) is 16.4 Å². The Balaban J connectivity index is 1.60. The highest BCUT2D eigenvalue weighted by Gasteiger charge is 2.32. The van der Waals surface area contributed by atoms with Gasteiger partial charge in [0.1, 0.15) is 11.3 Å². The molecule has 1 aromatic heterocycles. The van der Waals surface area contributed by atoms with E-state index in [0.29, 0.717) is 12.2 Å². The van der Waals surface area contributed by atoms with Gasteiger partial charge in [0.25, 0.3) is 0 Å². The van der Waals surface area contributed by atoms with Crippen molar-refractivity contribution in [2.24, 2.45) is 0 Å². The quantitative estimate of drug-likeness (QED) is 0.934. The zero-order valence-electron chi connectivity index (χ0n) is 12.3. The fourth-order valence-corrected chi connectivity index (χ4v) is 4.43. The van der Waals surface area contributed by atoms with Crippen LogP contribution >= 0.6 is 0 Å². The van der Waals surface area contributed by atoms with Gasteiger partial charge in [0.15, 0.2) is 9.84 Å². The predicted octanol–water partition coefficient (Wildman–Crippen LogP) is 1.76. The van der Waals surface area contributed by atoms with Crippen molar-refractivity contribution < 1.29 is 17.6 Å². The summed E-state index contributed by atoms with van der Waals surface area (Å²) in [6.07, 6.45) is 0.497. The largest absolute Gasteiger partial charge is 0.459 e. The van der Waals surface area contributed by atoms with Crippen LogP contribution in [0.1, 0.15) is 12.2 Å². The molecule has 2 amide bonds. The number of sulfone groups is 1. The number of rotatable bonds is 3. The van der Waals surface area contributed by atoms with Gasteiger partial charge in [-0.25, -0.2) is 13.2 Å². The summed E-state index contributed by atoms with van der Waals surface area (Å²) in [5.74, 6) is 0.863. The minimum Gasteiger partial charge on any atom is -0.459 e. The van der Waals surface area contributed by atoms with Crippen LogP contribution in [0, 0.1) is 0 Å². The highest BCUT2D eigenvalue weighted by molar-refractivity contribution is 7.91. The second-order valence-electron chi connectivity index (χ2n) is 5.58. The molecular weight excluding hydrogens is 304 g/mol. The summed E-state index contributed by atoms with van der Waals surface area (Å²) in [5.41, 5.74) is 0.780.